The van der Waals surface area contributed by atoms with Gasteiger partial charge in [0.15, 0.2) is 5.78 Å². The van der Waals surface area contributed by atoms with E-state index in [1.165, 1.54) is 0 Å². The molecule has 1 amide bonds. The molecule has 1 aliphatic heterocycles. The molecule has 0 saturated heterocycles. The number of hydrogen-bond acceptors (Lipinski definition) is 3. The van der Waals surface area contributed by atoms with E-state index < -0.39 is 0 Å². The normalized spacial score (nSPS) is 21.4. The Kier molecular flexibility index (Phi) is 5.11. The highest BCUT2D eigenvalue weighted by atomic mass is 32.1. The molecule has 0 bridgehead atoms. The first-order chi connectivity index (χ1) is 15.0. The minimum Gasteiger partial charge on any atom is -0.294 e. The van der Waals surface area contributed by atoms with Crippen molar-refractivity contribution in [3.05, 3.63) is 98.9 Å². The van der Waals surface area contributed by atoms with Crippen LogP contribution in [0.25, 0.3) is 0 Å². The molecule has 2 unspecified atom stereocenters. The highest BCUT2D eigenvalue weighted by Gasteiger charge is 2.43. The van der Waals surface area contributed by atoms with Crippen LogP contribution < -0.4 is 4.90 Å². The zero-order valence-corrected chi connectivity index (χ0v) is 18.6. The van der Waals surface area contributed by atoms with E-state index >= 15 is 0 Å². The lowest BCUT2D eigenvalue weighted by molar-refractivity contribution is -0.120. The van der Waals surface area contributed by atoms with Gasteiger partial charge in [-0.1, -0.05) is 48.5 Å². The van der Waals surface area contributed by atoms with Crippen molar-refractivity contribution < 1.29 is 9.59 Å². The number of Topliss-reactive ketones (excluding diaryl/α,β-unsaturated/α-hetero) is 1. The Morgan fingerprint density at radius 2 is 1.68 bits per heavy atom. The van der Waals surface area contributed by atoms with E-state index in [0.29, 0.717) is 19.3 Å². The number of aryl methyl sites for hydroxylation is 1. The van der Waals surface area contributed by atoms with Gasteiger partial charge in [-0.3, -0.25) is 14.5 Å². The van der Waals surface area contributed by atoms with E-state index in [2.05, 4.69) is 38.1 Å². The molecule has 1 aliphatic carbocycles. The molecule has 2 aromatic carbocycles. The number of carbonyl (C=O) groups is 2. The molecule has 5 rings (SSSR count). The summed E-state index contributed by atoms with van der Waals surface area (Å²) >= 11 is 1.63. The molecule has 2 atom stereocenters. The van der Waals surface area contributed by atoms with Gasteiger partial charge in [0.1, 0.15) is 0 Å². The number of benzene rings is 2. The van der Waals surface area contributed by atoms with Crippen LogP contribution in [-0.4, -0.2) is 11.7 Å². The van der Waals surface area contributed by atoms with Gasteiger partial charge in [-0.2, -0.15) is 0 Å². The number of anilines is 1. The first-order valence-corrected chi connectivity index (χ1v) is 11.7. The van der Waals surface area contributed by atoms with Crippen LogP contribution >= 0.6 is 11.3 Å². The lowest BCUT2D eigenvalue weighted by Crippen LogP contribution is -2.42. The fourth-order valence-electron chi connectivity index (χ4n) is 4.99. The van der Waals surface area contributed by atoms with Crippen LogP contribution in [0.3, 0.4) is 0 Å². The topological polar surface area (TPSA) is 37.4 Å². The molecule has 0 radical (unpaired) electrons. The molecule has 2 heterocycles. The van der Waals surface area contributed by atoms with Crippen molar-refractivity contribution in [3.63, 3.8) is 0 Å². The van der Waals surface area contributed by atoms with E-state index in [9.17, 15) is 9.59 Å². The fraction of sp³-hybridized carbons (Fsp3) is 0.259. The van der Waals surface area contributed by atoms with Gasteiger partial charge in [0, 0.05) is 34.9 Å². The molecule has 0 saturated carbocycles. The zero-order valence-electron chi connectivity index (χ0n) is 17.8. The third kappa shape index (κ3) is 3.45. The quantitative estimate of drug-likeness (QED) is 0.493. The number of rotatable bonds is 3. The van der Waals surface area contributed by atoms with Gasteiger partial charge < -0.3 is 0 Å². The van der Waals surface area contributed by atoms with Crippen LogP contribution in [0.5, 0.6) is 0 Å². The monoisotopic (exact) mass is 427 g/mol. The van der Waals surface area contributed by atoms with Crippen molar-refractivity contribution in [1.29, 1.82) is 0 Å². The molecule has 31 heavy (non-hydrogen) atoms. The predicted molar refractivity (Wildman–Crippen MR) is 126 cm³/mol. The molecule has 3 aromatic rings. The number of ketones is 1. The standard InChI is InChI=1S/C27H25NO2S/c1-17-8-6-11-22(18(17)2)28-23-14-20(19-9-4-3-5-10-19)15-24(29)27(23)21(16-26(28)30)25-12-7-13-31-25/h3-13,20-21H,14-16H2,1-2H3. The summed E-state index contributed by atoms with van der Waals surface area (Å²) < 4.78 is 0. The van der Waals surface area contributed by atoms with Crippen molar-refractivity contribution in [3.8, 4) is 0 Å². The van der Waals surface area contributed by atoms with Crippen LogP contribution in [0.1, 0.15) is 52.7 Å². The summed E-state index contributed by atoms with van der Waals surface area (Å²) in [6.45, 7) is 4.12. The minimum absolute atomic E-state index is 0.0763. The second-order valence-corrected chi connectivity index (χ2v) is 9.50. The maximum Gasteiger partial charge on any atom is 0.232 e. The van der Waals surface area contributed by atoms with Gasteiger partial charge in [0.2, 0.25) is 5.91 Å². The highest BCUT2D eigenvalue weighted by molar-refractivity contribution is 7.10. The van der Waals surface area contributed by atoms with Crippen LogP contribution in [0, 0.1) is 13.8 Å². The summed E-state index contributed by atoms with van der Waals surface area (Å²) in [6, 6.07) is 20.3. The van der Waals surface area contributed by atoms with Crippen LogP contribution in [-0.2, 0) is 9.59 Å². The van der Waals surface area contributed by atoms with Crippen molar-refractivity contribution >= 4 is 28.7 Å². The minimum atomic E-state index is -0.131. The lowest BCUT2D eigenvalue weighted by Gasteiger charge is -2.40. The molecule has 156 valence electrons. The van der Waals surface area contributed by atoms with Gasteiger partial charge in [-0.05, 0) is 60.4 Å². The van der Waals surface area contributed by atoms with Crippen LogP contribution in [0.15, 0.2) is 77.3 Å². The molecule has 0 N–H and O–H groups in total. The first kappa shape index (κ1) is 20.0. The second-order valence-electron chi connectivity index (χ2n) is 8.52. The maximum absolute atomic E-state index is 13.6. The number of thiophene rings is 1. The number of amides is 1. The molecule has 1 aromatic heterocycles. The van der Waals surface area contributed by atoms with E-state index in [4.69, 9.17) is 0 Å². The summed E-state index contributed by atoms with van der Waals surface area (Å²) in [7, 11) is 0. The Morgan fingerprint density at radius 1 is 0.871 bits per heavy atom. The van der Waals surface area contributed by atoms with Gasteiger partial charge >= 0.3 is 0 Å². The third-order valence-corrected chi connectivity index (χ3v) is 7.69. The average molecular weight is 428 g/mol. The lowest BCUT2D eigenvalue weighted by atomic mass is 9.74. The molecular formula is C27H25NO2S. The Balaban J connectivity index is 1.68. The molecule has 0 fully saturated rings. The fourth-order valence-corrected chi connectivity index (χ4v) is 5.82. The summed E-state index contributed by atoms with van der Waals surface area (Å²) in [5.41, 5.74) is 6.04. The zero-order chi connectivity index (χ0) is 21.5. The Bertz CT molecular complexity index is 1180. The SMILES string of the molecule is Cc1cccc(N2C(=O)CC(c3cccs3)C3=C2CC(c2ccccc2)CC3=O)c1C. The summed E-state index contributed by atoms with van der Waals surface area (Å²) in [6.07, 6.45) is 1.54. The molecule has 2 aliphatic rings. The van der Waals surface area contributed by atoms with E-state index in [1.54, 1.807) is 11.3 Å². The van der Waals surface area contributed by atoms with Crippen molar-refractivity contribution in [1.82, 2.24) is 0 Å². The van der Waals surface area contributed by atoms with Gasteiger partial charge in [-0.25, -0.2) is 0 Å². The Labute approximate surface area is 187 Å². The smallest absolute Gasteiger partial charge is 0.232 e. The van der Waals surface area contributed by atoms with Gasteiger partial charge in [-0.15, -0.1) is 11.3 Å². The van der Waals surface area contributed by atoms with Crippen molar-refractivity contribution in [2.45, 2.75) is 44.9 Å². The average Bonchev–Trinajstić information content (AvgIpc) is 3.31. The first-order valence-electron chi connectivity index (χ1n) is 10.8. The predicted octanol–water partition coefficient (Wildman–Crippen LogP) is 6.29. The summed E-state index contributed by atoms with van der Waals surface area (Å²) in [5.74, 6) is 0.215. The third-order valence-electron chi connectivity index (χ3n) is 6.70. The number of carbonyl (C=O) groups excluding carboxylic acids is 2. The summed E-state index contributed by atoms with van der Waals surface area (Å²) in [4.78, 5) is 30.1. The second kappa shape index (κ2) is 7.93. The molecule has 0 spiro atoms. The Hall–Kier alpha value is -2.98. The molecule has 4 heteroatoms. The molecule has 3 nitrogen and oxygen atoms in total. The number of hydrogen-bond donors (Lipinski definition) is 0. The van der Waals surface area contributed by atoms with Crippen molar-refractivity contribution in [2.75, 3.05) is 4.90 Å². The Morgan fingerprint density at radius 3 is 2.42 bits per heavy atom. The van der Waals surface area contributed by atoms with Crippen LogP contribution in [0.4, 0.5) is 5.69 Å². The van der Waals surface area contributed by atoms with E-state index in [1.807, 2.05) is 46.7 Å². The number of allylic oxidation sites excluding steroid dienone is 2. The van der Waals surface area contributed by atoms with E-state index in [-0.39, 0.29) is 23.5 Å². The maximum atomic E-state index is 13.6. The highest BCUT2D eigenvalue weighted by Crippen LogP contribution is 2.48. The van der Waals surface area contributed by atoms with Gasteiger partial charge in [0.05, 0.1) is 5.69 Å². The largest absolute Gasteiger partial charge is 0.294 e. The van der Waals surface area contributed by atoms with Crippen LogP contribution in [0.2, 0.25) is 0 Å². The number of nitrogens with zero attached hydrogens (tertiary/aromatic N) is 1. The van der Waals surface area contributed by atoms with Crippen molar-refractivity contribution in [2.24, 2.45) is 0 Å². The van der Waals surface area contributed by atoms with E-state index in [0.717, 1.165) is 38.5 Å². The van der Waals surface area contributed by atoms with Gasteiger partial charge in [0.25, 0.3) is 0 Å². The molecular weight excluding hydrogens is 402 g/mol. The summed E-state index contributed by atoms with van der Waals surface area (Å²) in [5, 5.41) is 2.02.